The van der Waals surface area contributed by atoms with Crippen LogP contribution in [-0.2, 0) is 0 Å². The van der Waals surface area contributed by atoms with Gasteiger partial charge in [0.15, 0.2) is 0 Å². The number of piperidine rings is 2. The number of hydrogen-bond donors (Lipinski definition) is 1. The minimum Gasteiger partial charge on any atom is -0.492 e. The van der Waals surface area contributed by atoms with Crippen LogP contribution in [-0.4, -0.2) is 89.3 Å². The summed E-state index contributed by atoms with van der Waals surface area (Å²) in [7, 11) is 1.74. The van der Waals surface area contributed by atoms with Gasteiger partial charge in [-0.05, 0) is 63.0 Å². The smallest absolute Gasteiger partial charge is 0.253 e. The van der Waals surface area contributed by atoms with Crippen molar-refractivity contribution in [1.29, 1.82) is 0 Å². The Hall–Kier alpha value is -2.71. The summed E-state index contributed by atoms with van der Waals surface area (Å²) in [5.74, 6) is 1.41. The van der Waals surface area contributed by atoms with Gasteiger partial charge in [-0.15, -0.1) is 0 Å². The predicted molar refractivity (Wildman–Crippen MR) is 128 cm³/mol. The van der Waals surface area contributed by atoms with Gasteiger partial charge in [-0.1, -0.05) is 6.42 Å². The number of likely N-dealkylation sites (N-methyl/N-ethyl adjacent to an activating group) is 1. The highest BCUT2D eigenvalue weighted by atomic mass is 16.5. The van der Waals surface area contributed by atoms with Gasteiger partial charge in [0.1, 0.15) is 18.2 Å². The first-order valence-corrected chi connectivity index (χ1v) is 12.0. The van der Waals surface area contributed by atoms with Gasteiger partial charge in [-0.25, -0.2) is 4.98 Å². The molecule has 3 heterocycles. The zero-order chi connectivity index (χ0) is 23.1. The molecule has 0 aliphatic carbocycles. The average molecular weight is 454 g/mol. The highest BCUT2D eigenvalue weighted by Crippen LogP contribution is 2.26. The summed E-state index contributed by atoms with van der Waals surface area (Å²) in [5.41, 5.74) is -0.399. The van der Waals surface area contributed by atoms with Gasteiger partial charge >= 0.3 is 0 Å². The number of amides is 1. The molecule has 1 atom stereocenters. The SMILES string of the molecule is CN(C[C@@]1(O)CCCN(c2cnccn2)C1)C(=O)c1ccc(OCCN2CCCCC2)cc1. The molecular weight excluding hydrogens is 418 g/mol. The van der Waals surface area contributed by atoms with Crippen LogP contribution < -0.4 is 9.64 Å². The third-order valence-corrected chi connectivity index (χ3v) is 6.53. The number of nitrogens with zero attached hydrogens (tertiary/aromatic N) is 5. The average Bonchev–Trinajstić information content (AvgIpc) is 2.85. The van der Waals surface area contributed by atoms with E-state index in [0.29, 0.717) is 25.1 Å². The molecular formula is C25H35N5O3. The fourth-order valence-electron chi connectivity index (χ4n) is 4.79. The summed E-state index contributed by atoms with van der Waals surface area (Å²) in [5, 5.41) is 11.2. The van der Waals surface area contributed by atoms with Crippen molar-refractivity contribution in [3.05, 3.63) is 48.4 Å². The third kappa shape index (κ3) is 6.42. The summed E-state index contributed by atoms with van der Waals surface area (Å²) in [6, 6.07) is 7.29. The normalized spacial score (nSPS) is 21.6. The monoisotopic (exact) mass is 453 g/mol. The molecule has 178 valence electrons. The fourth-order valence-corrected chi connectivity index (χ4v) is 4.79. The van der Waals surface area contributed by atoms with Crippen molar-refractivity contribution in [3.63, 3.8) is 0 Å². The van der Waals surface area contributed by atoms with Crippen LogP contribution in [0.3, 0.4) is 0 Å². The molecule has 33 heavy (non-hydrogen) atoms. The minimum absolute atomic E-state index is 0.111. The maximum Gasteiger partial charge on any atom is 0.253 e. The molecule has 1 amide bonds. The van der Waals surface area contributed by atoms with E-state index in [-0.39, 0.29) is 12.5 Å². The highest BCUT2D eigenvalue weighted by molar-refractivity contribution is 5.94. The van der Waals surface area contributed by atoms with Crippen LogP contribution in [0.25, 0.3) is 0 Å². The Balaban J connectivity index is 1.28. The number of carbonyl (C=O) groups excluding carboxylic acids is 1. The molecule has 2 aliphatic rings. The van der Waals surface area contributed by atoms with Crippen LogP contribution in [0.15, 0.2) is 42.9 Å². The third-order valence-electron chi connectivity index (χ3n) is 6.53. The Bertz CT molecular complexity index is 889. The maximum atomic E-state index is 13.0. The lowest BCUT2D eigenvalue weighted by atomic mass is 9.92. The molecule has 0 saturated carbocycles. The Morgan fingerprint density at radius 1 is 1.12 bits per heavy atom. The Labute approximate surface area is 196 Å². The molecule has 2 aliphatic heterocycles. The Morgan fingerprint density at radius 3 is 2.64 bits per heavy atom. The van der Waals surface area contributed by atoms with Crippen molar-refractivity contribution in [2.75, 3.05) is 57.8 Å². The zero-order valence-electron chi connectivity index (χ0n) is 19.5. The van der Waals surface area contributed by atoms with Gasteiger partial charge in [0, 0.05) is 44.6 Å². The maximum absolute atomic E-state index is 13.0. The molecule has 0 spiro atoms. The summed E-state index contributed by atoms with van der Waals surface area (Å²) >= 11 is 0. The van der Waals surface area contributed by atoms with E-state index in [9.17, 15) is 9.90 Å². The number of aromatic nitrogens is 2. The number of hydrogen-bond acceptors (Lipinski definition) is 7. The van der Waals surface area contributed by atoms with Crippen LogP contribution in [0, 0.1) is 0 Å². The Kier molecular flexibility index (Phi) is 7.77. The lowest BCUT2D eigenvalue weighted by molar-refractivity contribution is -0.000147. The standard InChI is InChI=1S/C25H35N5O3/c1-28(19-25(32)10-5-15-30(20-25)23-18-26-11-12-27-23)24(31)21-6-8-22(9-7-21)33-17-16-29-13-3-2-4-14-29/h6-9,11-12,18,32H,2-5,10,13-17,19-20H2,1H3/t25-/m0/s1. The van der Waals surface area contributed by atoms with Crippen molar-refractivity contribution in [2.24, 2.45) is 0 Å². The van der Waals surface area contributed by atoms with E-state index in [4.69, 9.17) is 4.74 Å². The number of carbonyl (C=O) groups is 1. The summed E-state index contributed by atoms with van der Waals surface area (Å²) in [4.78, 5) is 27.5. The number of anilines is 1. The van der Waals surface area contributed by atoms with Gasteiger partial charge in [0.05, 0.1) is 18.3 Å². The molecule has 0 bridgehead atoms. The number of likely N-dealkylation sites (tertiary alicyclic amines) is 1. The lowest BCUT2D eigenvalue weighted by Crippen LogP contribution is -2.54. The van der Waals surface area contributed by atoms with Crippen LogP contribution in [0.4, 0.5) is 5.82 Å². The van der Waals surface area contributed by atoms with E-state index >= 15 is 0 Å². The molecule has 4 rings (SSSR count). The van der Waals surface area contributed by atoms with E-state index in [1.54, 1.807) is 42.7 Å². The van der Waals surface area contributed by atoms with Crippen molar-refractivity contribution in [3.8, 4) is 5.75 Å². The van der Waals surface area contributed by atoms with E-state index in [1.165, 1.54) is 19.3 Å². The van der Waals surface area contributed by atoms with Gasteiger partial charge in [0.2, 0.25) is 0 Å². The lowest BCUT2D eigenvalue weighted by Gasteiger charge is -2.41. The minimum atomic E-state index is -0.988. The predicted octanol–water partition coefficient (Wildman–Crippen LogP) is 2.44. The highest BCUT2D eigenvalue weighted by Gasteiger charge is 2.36. The van der Waals surface area contributed by atoms with E-state index in [1.807, 2.05) is 17.0 Å². The molecule has 1 aromatic heterocycles. The number of rotatable bonds is 8. The number of benzene rings is 1. The zero-order valence-corrected chi connectivity index (χ0v) is 19.5. The first kappa shape index (κ1) is 23.4. The fraction of sp³-hybridized carbons (Fsp3) is 0.560. The quantitative estimate of drug-likeness (QED) is 0.657. The van der Waals surface area contributed by atoms with Gasteiger partial charge < -0.3 is 19.6 Å². The van der Waals surface area contributed by atoms with Crippen molar-refractivity contribution in [1.82, 2.24) is 19.8 Å². The van der Waals surface area contributed by atoms with Gasteiger partial charge in [-0.3, -0.25) is 14.7 Å². The largest absolute Gasteiger partial charge is 0.492 e. The summed E-state index contributed by atoms with van der Waals surface area (Å²) < 4.78 is 5.87. The second-order valence-electron chi connectivity index (χ2n) is 9.25. The Morgan fingerprint density at radius 2 is 1.91 bits per heavy atom. The van der Waals surface area contributed by atoms with E-state index in [0.717, 1.165) is 44.2 Å². The van der Waals surface area contributed by atoms with Crippen LogP contribution in [0.1, 0.15) is 42.5 Å². The summed E-state index contributed by atoms with van der Waals surface area (Å²) in [6.45, 7) is 5.41. The topological polar surface area (TPSA) is 82.0 Å². The van der Waals surface area contributed by atoms with Crippen LogP contribution >= 0.6 is 0 Å². The number of β-amino-alcohol motifs (C(OH)–C–C–N with tert-alkyl or cyclic N) is 1. The number of aliphatic hydroxyl groups is 1. The molecule has 1 N–H and O–H groups in total. The molecule has 2 saturated heterocycles. The number of ether oxygens (including phenoxy) is 1. The van der Waals surface area contributed by atoms with E-state index < -0.39 is 5.60 Å². The van der Waals surface area contributed by atoms with Gasteiger partial charge in [-0.2, -0.15) is 0 Å². The first-order valence-electron chi connectivity index (χ1n) is 12.0. The molecule has 2 aromatic rings. The van der Waals surface area contributed by atoms with Crippen LogP contribution in [0.5, 0.6) is 5.75 Å². The van der Waals surface area contributed by atoms with Crippen molar-refractivity contribution < 1.29 is 14.6 Å². The second kappa shape index (κ2) is 10.9. The molecule has 8 nitrogen and oxygen atoms in total. The van der Waals surface area contributed by atoms with Gasteiger partial charge in [0.25, 0.3) is 5.91 Å². The van der Waals surface area contributed by atoms with Crippen molar-refractivity contribution >= 4 is 11.7 Å². The molecule has 2 fully saturated rings. The molecule has 0 unspecified atom stereocenters. The van der Waals surface area contributed by atoms with E-state index in [2.05, 4.69) is 14.9 Å². The first-order chi connectivity index (χ1) is 16.0. The van der Waals surface area contributed by atoms with Crippen LogP contribution in [0.2, 0.25) is 0 Å². The molecule has 8 heteroatoms. The second-order valence-corrected chi connectivity index (χ2v) is 9.25. The van der Waals surface area contributed by atoms with Crippen molar-refractivity contribution in [2.45, 2.75) is 37.7 Å². The summed E-state index contributed by atoms with van der Waals surface area (Å²) in [6.07, 6.45) is 10.4. The molecule has 0 radical (unpaired) electrons. The molecule has 1 aromatic carbocycles.